The molecule has 0 spiro atoms. The third-order valence-electron chi connectivity index (χ3n) is 3.49. The minimum atomic E-state index is -3.77. The second-order valence-corrected chi connectivity index (χ2v) is 7.96. The molecule has 21 heavy (non-hydrogen) atoms. The highest BCUT2D eigenvalue weighted by molar-refractivity contribution is 9.10. The summed E-state index contributed by atoms with van der Waals surface area (Å²) in [7, 11) is -0.525. The van der Waals surface area contributed by atoms with Gasteiger partial charge in [-0.1, -0.05) is 15.9 Å². The van der Waals surface area contributed by atoms with E-state index in [1.54, 1.807) is 26.2 Å². The van der Waals surface area contributed by atoms with Crippen molar-refractivity contribution in [2.75, 3.05) is 26.4 Å². The molecule has 1 amide bonds. The minimum absolute atomic E-state index is 0.0455. The number of amides is 1. The molecule has 0 aliphatic carbocycles. The zero-order valence-electron chi connectivity index (χ0n) is 11.9. The SMILES string of the molecule is CN(C)C(=O)C1CCCN1S(=O)(=O)c1ccc(Br)cc1N. The number of nitrogen functional groups attached to an aromatic ring is 1. The Kier molecular flexibility index (Phi) is 4.60. The monoisotopic (exact) mass is 375 g/mol. The second-order valence-electron chi connectivity index (χ2n) is 5.19. The van der Waals surface area contributed by atoms with Crippen LogP contribution in [0.1, 0.15) is 12.8 Å². The molecular weight excluding hydrogens is 358 g/mol. The van der Waals surface area contributed by atoms with E-state index in [4.69, 9.17) is 5.73 Å². The third-order valence-corrected chi connectivity index (χ3v) is 5.96. The third kappa shape index (κ3) is 3.07. The number of carbonyl (C=O) groups is 1. The van der Waals surface area contributed by atoms with Crippen LogP contribution in [0, 0.1) is 0 Å². The maximum absolute atomic E-state index is 12.8. The predicted octanol–water partition coefficient (Wildman–Crippen LogP) is 1.27. The van der Waals surface area contributed by atoms with Crippen LogP contribution in [0.5, 0.6) is 0 Å². The molecule has 1 aliphatic heterocycles. The average Bonchev–Trinajstić information content (AvgIpc) is 2.86. The number of hydrogen-bond donors (Lipinski definition) is 1. The number of benzene rings is 1. The van der Waals surface area contributed by atoms with Crippen LogP contribution in [0.25, 0.3) is 0 Å². The van der Waals surface area contributed by atoms with Crippen molar-refractivity contribution >= 4 is 37.5 Å². The van der Waals surface area contributed by atoms with Gasteiger partial charge in [-0.2, -0.15) is 4.31 Å². The summed E-state index contributed by atoms with van der Waals surface area (Å²) in [6.07, 6.45) is 1.20. The molecule has 1 aromatic rings. The fraction of sp³-hybridized carbons (Fsp3) is 0.462. The Hall–Kier alpha value is -1.12. The first-order valence-electron chi connectivity index (χ1n) is 6.53. The Balaban J connectivity index is 2.41. The number of nitrogens with two attached hydrogens (primary N) is 1. The molecule has 1 heterocycles. The number of halogens is 1. The molecule has 2 rings (SSSR count). The summed E-state index contributed by atoms with van der Waals surface area (Å²) >= 11 is 3.25. The second kappa shape index (κ2) is 5.94. The molecule has 1 unspecified atom stereocenters. The van der Waals surface area contributed by atoms with Crippen molar-refractivity contribution in [2.24, 2.45) is 0 Å². The molecule has 1 aromatic carbocycles. The van der Waals surface area contributed by atoms with E-state index < -0.39 is 16.1 Å². The number of anilines is 1. The largest absolute Gasteiger partial charge is 0.398 e. The van der Waals surface area contributed by atoms with E-state index in [1.807, 2.05) is 0 Å². The lowest BCUT2D eigenvalue weighted by Crippen LogP contribution is -2.45. The van der Waals surface area contributed by atoms with Crippen molar-refractivity contribution in [3.05, 3.63) is 22.7 Å². The Bertz CT molecular complexity index is 661. The Morgan fingerprint density at radius 1 is 1.43 bits per heavy atom. The smallest absolute Gasteiger partial charge is 0.245 e. The van der Waals surface area contributed by atoms with Crippen LogP contribution in [-0.2, 0) is 14.8 Å². The van der Waals surface area contributed by atoms with Crippen LogP contribution in [0.3, 0.4) is 0 Å². The molecule has 2 N–H and O–H groups in total. The summed E-state index contributed by atoms with van der Waals surface area (Å²) in [6.45, 7) is 0.335. The van der Waals surface area contributed by atoms with Crippen molar-refractivity contribution in [3.8, 4) is 0 Å². The average molecular weight is 376 g/mol. The van der Waals surface area contributed by atoms with Crippen molar-refractivity contribution < 1.29 is 13.2 Å². The summed E-state index contributed by atoms with van der Waals surface area (Å²) < 4.78 is 27.5. The van der Waals surface area contributed by atoms with Crippen LogP contribution >= 0.6 is 15.9 Å². The number of hydrogen-bond acceptors (Lipinski definition) is 4. The molecule has 0 bridgehead atoms. The van der Waals surface area contributed by atoms with Crippen LogP contribution in [-0.4, -0.2) is 50.2 Å². The first-order chi connectivity index (χ1) is 9.75. The summed E-state index contributed by atoms with van der Waals surface area (Å²) in [5, 5.41) is 0. The fourth-order valence-electron chi connectivity index (χ4n) is 2.45. The molecule has 0 radical (unpaired) electrons. The van der Waals surface area contributed by atoms with Gasteiger partial charge in [0.2, 0.25) is 15.9 Å². The predicted molar refractivity (Wildman–Crippen MR) is 84.2 cm³/mol. The molecule has 1 fully saturated rings. The van der Waals surface area contributed by atoms with Crippen LogP contribution in [0.15, 0.2) is 27.6 Å². The lowest BCUT2D eigenvalue weighted by atomic mass is 10.2. The highest BCUT2D eigenvalue weighted by atomic mass is 79.9. The first-order valence-corrected chi connectivity index (χ1v) is 8.76. The van der Waals surface area contributed by atoms with Gasteiger partial charge in [0.15, 0.2) is 0 Å². The van der Waals surface area contributed by atoms with Gasteiger partial charge in [-0.15, -0.1) is 0 Å². The maximum Gasteiger partial charge on any atom is 0.245 e. The van der Waals surface area contributed by atoms with Gasteiger partial charge in [0, 0.05) is 25.1 Å². The van der Waals surface area contributed by atoms with Gasteiger partial charge in [0.1, 0.15) is 10.9 Å². The topological polar surface area (TPSA) is 83.7 Å². The van der Waals surface area contributed by atoms with Crippen molar-refractivity contribution in [1.82, 2.24) is 9.21 Å². The van der Waals surface area contributed by atoms with Gasteiger partial charge < -0.3 is 10.6 Å². The van der Waals surface area contributed by atoms with Gasteiger partial charge in [0.05, 0.1) is 5.69 Å². The zero-order valence-corrected chi connectivity index (χ0v) is 14.3. The number of sulfonamides is 1. The van der Waals surface area contributed by atoms with Crippen LogP contribution < -0.4 is 5.73 Å². The molecule has 0 aromatic heterocycles. The molecule has 116 valence electrons. The lowest BCUT2D eigenvalue weighted by molar-refractivity contribution is -0.132. The Morgan fingerprint density at radius 3 is 2.67 bits per heavy atom. The van der Waals surface area contributed by atoms with E-state index in [2.05, 4.69) is 15.9 Å². The summed E-state index contributed by atoms with van der Waals surface area (Å²) in [6, 6.07) is 3.99. The number of nitrogens with zero attached hydrogens (tertiary/aromatic N) is 2. The molecule has 1 aliphatic rings. The first kappa shape index (κ1) is 16.3. The Labute approximate surface area is 133 Å². The summed E-state index contributed by atoms with van der Waals surface area (Å²) in [5.74, 6) is -0.202. The van der Waals surface area contributed by atoms with E-state index in [0.717, 1.165) is 0 Å². The maximum atomic E-state index is 12.8. The van der Waals surface area contributed by atoms with Crippen molar-refractivity contribution in [3.63, 3.8) is 0 Å². The highest BCUT2D eigenvalue weighted by Gasteiger charge is 2.40. The van der Waals surface area contributed by atoms with Gasteiger partial charge >= 0.3 is 0 Å². The number of likely N-dealkylation sites (N-methyl/N-ethyl adjacent to an activating group) is 1. The Morgan fingerprint density at radius 2 is 2.10 bits per heavy atom. The van der Waals surface area contributed by atoms with E-state index in [-0.39, 0.29) is 16.5 Å². The number of rotatable bonds is 3. The van der Waals surface area contributed by atoms with Gasteiger partial charge in [-0.3, -0.25) is 4.79 Å². The van der Waals surface area contributed by atoms with Crippen LogP contribution in [0.4, 0.5) is 5.69 Å². The fourth-order valence-corrected chi connectivity index (χ4v) is 4.58. The number of carbonyl (C=O) groups excluding carboxylic acids is 1. The zero-order chi connectivity index (χ0) is 15.8. The minimum Gasteiger partial charge on any atom is -0.398 e. The van der Waals surface area contributed by atoms with E-state index >= 15 is 0 Å². The molecular formula is C13H18BrN3O3S. The summed E-state index contributed by atoms with van der Waals surface area (Å²) in [5.41, 5.74) is 6.00. The van der Waals surface area contributed by atoms with E-state index in [0.29, 0.717) is 23.9 Å². The van der Waals surface area contributed by atoms with Crippen molar-refractivity contribution in [2.45, 2.75) is 23.8 Å². The molecule has 1 saturated heterocycles. The summed E-state index contributed by atoms with van der Waals surface area (Å²) in [4.78, 5) is 13.6. The van der Waals surface area contributed by atoms with Crippen LogP contribution in [0.2, 0.25) is 0 Å². The van der Waals surface area contributed by atoms with E-state index in [1.165, 1.54) is 15.3 Å². The molecule has 1 atom stereocenters. The lowest BCUT2D eigenvalue weighted by Gasteiger charge is -2.26. The normalized spacial score (nSPS) is 19.7. The van der Waals surface area contributed by atoms with E-state index in [9.17, 15) is 13.2 Å². The van der Waals surface area contributed by atoms with Gasteiger partial charge in [-0.25, -0.2) is 8.42 Å². The van der Waals surface area contributed by atoms with Gasteiger partial charge in [-0.05, 0) is 31.0 Å². The molecule has 0 saturated carbocycles. The standard InChI is InChI=1S/C13H18BrN3O3S/c1-16(2)13(18)11-4-3-7-17(11)21(19,20)12-6-5-9(14)8-10(12)15/h5-6,8,11H,3-4,7,15H2,1-2H3. The molecule has 8 heteroatoms. The highest BCUT2D eigenvalue weighted by Crippen LogP contribution is 2.31. The van der Waals surface area contributed by atoms with Gasteiger partial charge in [0.25, 0.3) is 0 Å². The molecule has 6 nitrogen and oxygen atoms in total. The quantitative estimate of drug-likeness (QED) is 0.806. The van der Waals surface area contributed by atoms with Crippen molar-refractivity contribution in [1.29, 1.82) is 0 Å².